The first-order chi connectivity index (χ1) is 19.5. The number of piperazine rings is 1. The molecular formula is C33H31N3O3S. The number of benzene rings is 4. The lowest BCUT2D eigenvalue weighted by Gasteiger charge is -2.36. The molecule has 2 N–H and O–H groups in total. The molecule has 0 aliphatic carbocycles. The maximum atomic E-state index is 12.6. The van der Waals surface area contributed by atoms with Gasteiger partial charge < -0.3 is 10.0 Å². The predicted molar refractivity (Wildman–Crippen MR) is 160 cm³/mol. The first-order valence-corrected chi connectivity index (χ1v) is 14.5. The third-order valence-corrected chi connectivity index (χ3v) is 7.84. The SMILES string of the molecule is O=C(NS(=O)Cc1ccccc1)c1ccc(N2CCN(Cc3ccccc3C#Cc3ccc(O)cc3)CC2)cc1. The average molecular weight is 550 g/mol. The smallest absolute Gasteiger partial charge is 0.262 e. The monoisotopic (exact) mass is 549 g/mol. The van der Waals surface area contributed by atoms with Crippen LogP contribution in [0.15, 0.2) is 103 Å². The van der Waals surface area contributed by atoms with Gasteiger partial charge in [0.1, 0.15) is 16.7 Å². The Hall–Kier alpha value is -4.38. The summed E-state index contributed by atoms with van der Waals surface area (Å²) in [6.07, 6.45) is 0. The quantitative estimate of drug-likeness (QED) is 0.327. The van der Waals surface area contributed by atoms with Gasteiger partial charge in [-0.05, 0) is 65.7 Å². The zero-order valence-electron chi connectivity index (χ0n) is 22.1. The van der Waals surface area contributed by atoms with Crippen molar-refractivity contribution in [3.8, 4) is 17.6 Å². The lowest BCUT2D eigenvalue weighted by Crippen LogP contribution is -2.46. The molecule has 0 saturated carbocycles. The lowest BCUT2D eigenvalue weighted by atomic mass is 10.1. The minimum Gasteiger partial charge on any atom is -0.508 e. The summed E-state index contributed by atoms with van der Waals surface area (Å²) < 4.78 is 14.9. The molecule has 1 fully saturated rings. The van der Waals surface area contributed by atoms with Crippen LogP contribution in [0.2, 0.25) is 0 Å². The molecule has 0 bridgehead atoms. The molecule has 4 aromatic rings. The number of nitrogens with zero attached hydrogens (tertiary/aromatic N) is 2. The number of anilines is 1. The van der Waals surface area contributed by atoms with Crippen LogP contribution in [0.5, 0.6) is 5.75 Å². The summed E-state index contributed by atoms with van der Waals surface area (Å²) in [5.41, 5.74) is 5.56. The van der Waals surface area contributed by atoms with E-state index in [1.165, 1.54) is 5.56 Å². The van der Waals surface area contributed by atoms with Gasteiger partial charge in [-0.3, -0.25) is 14.4 Å². The Kier molecular flexibility index (Phi) is 8.92. The fraction of sp³-hybridized carbons (Fsp3) is 0.182. The first-order valence-electron chi connectivity index (χ1n) is 13.2. The minimum absolute atomic E-state index is 0.235. The van der Waals surface area contributed by atoms with Crippen LogP contribution in [-0.4, -0.2) is 46.3 Å². The van der Waals surface area contributed by atoms with Gasteiger partial charge in [0.05, 0.1) is 5.75 Å². The summed E-state index contributed by atoms with van der Waals surface area (Å²) in [5, 5.41) is 9.48. The normalized spacial score (nSPS) is 14.2. The van der Waals surface area contributed by atoms with Crippen LogP contribution in [0.25, 0.3) is 0 Å². The molecule has 1 heterocycles. The largest absolute Gasteiger partial charge is 0.508 e. The molecule has 1 amide bonds. The molecule has 7 heteroatoms. The summed E-state index contributed by atoms with van der Waals surface area (Å²) in [5.74, 6) is 6.67. The number of hydrogen-bond donors (Lipinski definition) is 2. The Morgan fingerprint density at radius 3 is 2.20 bits per heavy atom. The van der Waals surface area contributed by atoms with E-state index in [9.17, 15) is 14.1 Å². The Bertz CT molecular complexity index is 1520. The topological polar surface area (TPSA) is 72.9 Å². The molecule has 0 radical (unpaired) electrons. The molecule has 1 atom stereocenters. The average Bonchev–Trinajstić information content (AvgIpc) is 2.98. The fourth-order valence-corrected chi connectivity index (χ4v) is 5.51. The molecule has 1 unspecified atom stereocenters. The predicted octanol–water partition coefficient (Wildman–Crippen LogP) is 4.71. The van der Waals surface area contributed by atoms with Gasteiger partial charge in [-0.25, -0.2) is 4.21 Å². The van der Waals surface area contributed by atoms with Crippen LogP contribution in [-0.2, 0) is 23.3 Å². The van der Waals surface area contributed by atoms with Crippen molar-refractivity contribution < 1.29 is 14.1 Å². The molecule has 0 spiro atoms. The molecule has 5 rings (SSSR count). The standard InChI is InChI=1S/C33H31N3O3S/c37-32-18-11-26(12-19-32)10-13-28-8-4-5-9-30(28)24-35-20-22-36(23-21-35)31-16-14-29(15-17-31)33(38)34-40(39)25-27-6-2-1-3-7-27/h1-9,11-12,14-19,37H,20-25H2,(H,34,38). The van der Waals surface area contributed by atoms with E-state index < -0.39 is 11.0 Å². The maximum Gasteiger partial charge on any atom is 0.262 e. The van der Waals surface area contributed by atoms with Crippen molar-refractivity contribution in [2.75, 3.05) is 31.1 Å². The molecule has 202 valence electrons. The fourth-order valence-electron chi connectivity index (χ4n) is 4.62. The van der Waals surface area contributed by atoms with E-state index in [-0.39, 0.29) is 17.4 Å². The molecule has 0 aromatic heterocycles. The molecule has 40 heavy (non-hydrogen) atoms. The number of aromatic hydroxyl groups is 1. The van der Waals surface area contributed by atoms with Crippen molar-refractivity contribution in [2.24, 2.45) is 0 Å². The highest BCUT2D eigenvalue weighted by Crippen LogP contribution is 2.20. The Morgan fingerprint density at radius 1 is 0.800 bits per heavy atom. The number of phenols is 1. The highest BCUT2D eigenvalue weighted by atomic mass is 32.2. The van der Waals surface area contributed by atoms with Crippen molar-refractivity contribution in [3.05, 3.63) is 131 Å². The van der Waals surface area contributed by atoms with Crippen molar-refractivity contribution in [1.29, 1.82) is 0 Å². The van der Waals surface area contributed by atoms with Crippen molar-refractivity contribution in [3.63, 3.8) is 0 Å². The molecule has 1 saturated heterocycles. The molecule has 4 aromatic carbocycles. The lowest BCUT2D eigenvalue weighted by molar-refractivity contribution is 0.0983. The maximum absolute atomic E-state index is 12.6. The van der Waals surface area contributed by atoms with Crippen molar-refractivity contribution in [1.82, 2.24) is 9.62 Å². The van der Waals surface area contributed by atoms with Crippen LogP contribution >= 0.6 is 0 Å². The van der Waals surface area contributed by atoms with Crippen LogP contribution in [0.1, 0.15) is 32.6 Å². The minimum atomic E-state index is -1.48. The molecule has 1 aliphatic heterocycles. The highest BCUT2D eigenvalue weighted by Gasteiger charge is 2.19. The van der Waals surface area contributed by atoms with Crippen LogP contribution in [0.3, 0.4) is 0 Å². The molecule has 1 aliphatic rings. The zero-order chi connectivity index (χ0) is 27.7. The Morgan fingerprint density at radius 2 is 1.48 bits per heavy atom. The van der Waals surface area contributed by atoms with Gasteiger partial charge in [0.2, 0.25) is 0 Å². The van der Waals surface area contributed by atoms with Crippen LogP contribution in [0.4, 0.5) is 5.69 Å². The number of amides is 1. The van der Waals surface area contributed by atoms with Crippen molar-refractivity contribution >= 4 is 22.6 Å². The van der Waals surface area contributed by atoms with Gasteiger partial charge in [0, 0.05) is 55.1 Å². The summed E-state index contributed by atoms with van der Waals surface area (Å²) in [6.45, 7) is 4.43. The first kappa shape index (κ1) is 27.2. The number of phenolic OH excluding ortho intramolecular Hbond substituents is 1. The number of carbonyl (C=O) groups is 1. The Balaban J connectivity index is 1.13. The van der Waals surface area contributed by atoms with Gasteiger partial charge in [0.25, 0.3) is 5.91 Å². The van der Waals surface area contributed by atoms with Crippen LogP contribution < -0.4 is 9.62 Å². The summed E-state index contributed by atoms with van der Waals surface area (Å²) in [7, 11) is -1.48. The van der Waals surface area contributed by atoms with Gasteiger partial charge in [-0.15, -0.1) is 0 Å². The third-order valence-electron chi connectivity index (χ3n) is 6.83. The highest BCUT2D eigenvalue weighted by molar-refractivity contribution is 7.82. The number of rotatable bonds is 7. The Labute approximate surface area is 237 Å². The van der Waals surface area contributed by atoms with E-state index in [2.05, 4.69) is 32.4 Å². The number of nitrogens with one attached hydrogen (secondary N) is 1. The summed E-state index contributed by atoms with van der Waals surface area (Å²) >= 11 is 0. The van der Waals surface area contributed by atoms with Gasteiger partial charge >= 0.3 is 0 Å². The van der Waals surface area contributed by atoms with E-state index in [4.69, 9.17) is 0 Å². The van der Waals surface area contributed by atoms with Gasteiger partial charge in [0.15, 0.2) is 0 Å². The van der Waals surface area contributed by atoms with E-state index >= 15 is 0 Å². The number of hydrogen-bond acceptors (Lipinski definition) is 5. The molecular weight excluding hydrogens is 518 g/mol. The second-order valence-corrected chi connectivity index (χ2v) is 10.9. The van der Waals surface area contributed by atoms with E-state index in [0.717, 1.165) is 55.1 Å². The molecule has 6 nitrogen and oxygen atoms in total. The number of carbonyl (C=O) groups excluding carboxylic acids is 1. The summed E-state index contributed by atoms with van der Waals surface area (Å²) in [4.78, 5) is 17.3. The van der Waals surface area contributed by atoms with Crippen molar-refractivity contribution in [2.45, 2.75) is 12.3 Å². The third kappa shape index (κ3) is 7.38. The van der Waals surface area contributed by atoms with Gasteiger partial charge in [-0.2, -0.15) is 0 Å². The van der Waals surface area contributed by atoms with E-state index in [1.54, 1.807) is 24.3 Å². The van der Waals surface area contributed by atoms with E-state index in [0.29, 0.717) is 5.56 Å². The second-order valence-electron chi connectivity index (χ2n) is 9.67. The zero-order valence-corrected chi connectivity index (χ0v) is 22.9. The second kappa shape index (κ2) is 13.1. The van der Waals surface area contributed by atoms with Crippen LogP contribution in [0, 0.1) is 11.8 Å². The van der Waals surface area contributed by atoms with E-state index in [1.807, 2.05) is 72.8 Å². The summed E-state index contributed by atoms with van der Waals surface area (Å²) in [6, 6.07) is 32.1. The van der Waals surface area contributed by atoms with Gasteiger partial charge in [-0.1, -0.05) is 60.4 Å².